The Morgan fingerprint density at radius 2 is 1.00 bits per heavy atom. The molecule has 2 aromatic rings. The average Bonchev–Trinajstić information content (AvgIpc) is 2.71. The number of aryl methyl sites for hydroxylation is 2. The Morgan fingerprint density at radius 1 is 0.621 bits per heavy atom. The summed E-state index contributed by atoms with van der Waals surface area (Å²) in [5, 5.41) is 14.5. The van der Waals surface area contributed by atoms with Gasteiger partial charge in [-0.3, -0.25) is 10.8 Å². The summed E-state index contributed by atoms with van der Waals surface area (Å²) >= 11 is 0. The number of unbranched alkanes of at least 4 members (excludes halogenated alkanes) is 2. The van der Waals surface area contributed by atoms with Gasteiger partial charge in [-0.15, -0.1) is 0 Å². The van der Waals surface area contributed by atoms with Gasteiger partial charge in [0.2, 0.25) is 0 Å². The highest BCUT2D eigenvalue weighted by molar-refractivity contribution is 5.77. The lowest BCUT2D eigenvalue weighted by Crippen LogP contribution is -2.10. The van der Waals surface area contributed by atoms with E-state index in [-0.39, 0.29) is 11.7 Å². The number of amidine groups is 2. The molecule has 0 aliphatic rings. The predicted molar refractivity (Wildman–Crippen MR) is 118 cm³/mol. The topological polar surface area (TPSA) is 118 Å². The van der Waals surface area contributed by atoms with Gasteiger partial charge in [-0.1, -0.05) is 24.3 Å². The van der Waals surface area contributed by atoms with Crippen molar-refractivity contribution in [2.45, 2.75) is 44.9 Å². The maximum absolute atomic E-state index is 7.27. The van der Waals surface area contributed by atoms with Crippen LogP contribution in [0.5, 0.6) is 11.5 Å². The van der Waals surface area contributed by atoms with Crippen molar-refractivity contribution >= 4 is 11.7 Å². The van der Waals surface area contributed by atoms with Gasteiger partial charge in [0.1, 0.15) is 11.5 Å². The molecule has 0 radical (unpaired) electrons. The fourth-order valence-corrected chi connectivity index (χ4v) is 2.82. The van der Waals surface area contributed by atoms with Crippen LogP contribution < -0.4 is 20.9 Å². The third kappa shape index (κ3) is 9.65. The average molecular weight is 397 g/mol. The van der Waals surface area contributed by atoms with E-state index in [1.165, 1.54) is 0 Å². The molecule has 2 rings (SSSR count). The molecule has 0 heterocycles. The molecule has 6 N–H and O–H groups in total. The Hall–Kier alpha value is -3.02. The second-order valence-electron chi connectivity index (χ2n) is 7.10. The summed E-state index contributed by atoms with van der Waals surface area (Å²) in [4.78, 5) is 0. The van der Waals surface area contributed by atoms with Gasteiger partial charge in [0, 0.05) is 12.8 Å². The quantitative estimate of drug-likeness (QED) is 0.219. The summed E-state index contributed by atoms with van der Waals surface area (Å²) in [5.74, 6) is 2.18. The summed E-state index contributed by atoms with van der Waals surface area (Å²) in [6.45, 7) is 1.38. The van der Waals surface area contributed by atoms with Crippen LogP contribution >= 0.6 is 0 Å². The highest BCUT2D eigenvalue weighted by atomic mass is 16.5. The van der Waals surface area contributed by atoms with E-state index in [1.807, 2.05) is 48.5 Å². The number of hydrogen-bond donors (Lipinski definition) is 4. The van der Waals surface area contributed by atoms with Gasteiger partial charge in [0.25, 0.3) is 0 Å². The lowest BCUT2D eigenvalue weighted by atomic mass is 10.1. The molecule has 29 heavy (non-hydrogen) atoms. The van der Waals surface area contributed by atoms with Crippen LogP contribution in [0.2, 0.25) is 0 Å². The Kier molecular flexibility index (Phi) is 9.55. The van der Waals surface area contributed by atoms with Gasteiger partial charge in [0.15, 0.2) is 0 Å². The molecule has 156 valence electrons. The molecule has 0 bridgehead atoms. The second-order valence-corrected chi connectivity index (χ2v) is 7.10. The first kappa shape index (κ1) is 22.3. The monoisotopic (exact) mass is 396 g/mol. The predicted octanol–water partition coefficient (Wildman–Crippen LogP) is 4.05. The van der Waals surface area contributed by atoms with Crippen molar-refractivity contribution in [3.05, 3.63) is 59.7 Å². The molecule has 0 unspecified atom stereocenters. The zero-order valence-electron chi connectivity index (χ0n) is 17.0. The van der Waals surface area contributed by atoms with Gasteiger partial charge >= 0.3 is 0 Å². The molecule has 6 nitrogen and oxygen atoms in total. The summed E-state index contributed by atoms with van der Waals surface area (Å²) in [6, 6.07) is 16.0. The third-order valence-electron chi connectivity index (χ3n) is 4.54. The first-order valence-electron chi connectivity index (χ1n) is 10.1. The molecular weight excluding hydrogens is 364 g/mol. The van der Waals surface area contributed by atoms with E-state index in [9.17, 15) is 0 Å². The third-order valence-corrected chi connectivity index (χ3v) is 4.54. The highest BCUT2D eigenvalue weighted by Gasteiger charge is 2.00. The minimum absolute atomic E-state index is 0.219. The van der Waals surface area contributed by atoms with Crippen LogP contribution in [0, 0.1) is 10.8 Å². The van der Waals surface area contributed by atoms with E-state index in [0.717, 1.165) is 54.7 Å². The molecule has 0 aliphatic heterocycles. The summed E-state index contributed by atoms with van der Waals surface area (Å²) < 4.78 is 11.5. The summed E-state index contributed by atoms with van der Waals surface area (Å²) in [7, 11) is 0. The van der Waals surface area contributed by atoms with E-state index in [2.05, 4.69) is 0 Å². The first-order chi connectivity index (χ1) is 14.0. The molecule has 0 saturated carbocycles. The molecular formula is C23H32N4O2. The SMILES string of the molecule is N=C(N)CCc1ccc(OCCCCCOc2ccc(CCC(=N)N)cc2)cc1. The van der Waals surface area contributed by atoms with Crippen LogP contribution in [0.4, 0.5) is 0 Å². The number of nitrogens with one attached hydrogen (secondary N) is 2. The van der Waals surface area contributed by atoms with Crippen molar-refractivity contribution in [2.24, 2.45) is 11.5 Å². The molecule has 0 saturated heterocycles. The van der Waals surface area contributed by atoms with Crippen LogP contribution in [-0.2, 0) is 12.8 Å². The number of nitrogens with two attached hydrogens (primary N) is 2. The smallest absolute Gasteiger partial charge is 0.119 e. The van der Waals surface area contributed by atoms with E-state index < -0.39 is 0 Å². The van der Waals surface area contributed by atoms with Crippen LogP contribution in [0.25, 0.3) is 0 Å². The molecule has 6 heteroatoms. The van der Waals surface area contributed by atoms with E-state index in [4.69, 9.17) is 31.8 Å². The fourth-order valence-electron chi connectivity index (χ4n) is 2.82. The number of rotatable bonds is 14. The molecule has 0 amide bonds. The zero-order valence-corrected chi connectivity index (χ0v) is 17.0. The van der Waals surface area contributed by atoms with Crippen LogP contribution in [0.3, 0.4) is 0 Å². The van der Waals surface area contributed by atoms with E-state index in [1.54, 1.807) is 0 Å². The maximum atomic E-state index is 7.27. The summed E-state index contributed by atoms with van der Waals surface area (Å²) in [6.07, 6.45) is 5.78. The van der Waals surface area contributed by atoms with E-state index >= 15 is 0 Å². The minimum Gasteiger partial charge on any atom is -0.494 e. The van der Waals surface area contributed by atoms with Crippen LogP contribution in [0.1, 0.15) is 43.2 Å². The normalized spacial score (nSPS) is 10.5. The Balaban J connectivity index is 1.53. The Labute approximate surface area is 173 Å². The molecule has 0 aliphatic carbocycles. The van der Waals surface area contributed by atoms with Crippen molar-refractivity contribution in [1.29, 1.82) is 10.8 Å². The molecule has 2 aromatic carbocycles. The molecule has 0 fully saturated rings. The Bertz CT molecular complexity index is 692. The number of benzene rings is 2. The van der Waals surface area contributed by atoms with Gasteiger partial charge in [0.05, 0.1) is 24.9 Å². The van der Waals surface area contributed by atoms with Gasteiger partial charge in [-0.2, -0.15) is 0 Å². The van der Waals surface area contributed by atoms with Crippen molar-refractivity contribution in [1.82, 2.24) is 0 Å². The standard InChI is InChI=1S/C23H32N4O2/c24-22(25)14-8-18-4-10-20(11-5-18)28-16-2-1-3-17-29-21-12-6-19(7-13-21)9-15-23(26)27/h4-7,10-13H,1-3,8-9,14-17H2,(H3,24,25)(H3,26,27). The summed E-state index contributed by atoms with van der Waals surface area (Å²) in [5.41, 5.74) is 13.1. The fraction of sp³-hybridized carbons (Fsp3) is 0.391. The number of ether oxygens (including phenoxy) is 2. The zero-order chi connectivity index (χ0) is 20.9. The molecule has 0 atom stereocenters. The van der Waals surface area contributed by atoms with Gasteiger partial charge < -0.3 is 20.9 Å². The van der Waals surface area contributed by atoms with E-state index in [0.29, 0.717) is 26.1 Å². The largest absolute Gasteiger partial charge is 0.494 e. The Morgan fingerprint density at radius 3 is 1.34 bits per heavy atom. The minimum atomic E-state index is 0.219. The highest BCUT2D eigenvalue weighted by Crippen LogP contribution is 2.15. The van der Waals surface area contributed by atoms with Crippen LogP contribution in [-0.4, -0.2) is 24.9 Å². The van der Waals surface area contributed by atoms with Crippen molar-refractivity contribution < 1.29 is 9.47 Å². The lowest BCUT2D eigenvalue weighted by molar-refractivity contribution is 0.279. The molecule has 0 aromatic heterocycles. The van der Waals surface area contributed by atoms with Crippen molar-refractivity contribution in [3.8, 4) is 11.5 Å². The van der Waals surface area contributed by atoms with Gasteiger partial charge in [-0.05, 0) is 67.5 Å². The van der Waals surface area contributed by atoms with Gasteiger partial charge in [-0.25, -0.2) is 0 Å². The lowest BCUT2D eigenvalue weighted by Gasteiger charge is -2.09. The molecule has 0 spiro atoms. The van der Waals surface area contributed by atoms with Crippen molar-refractivity contribution in [3.63, 3.8) is 0 Å². The number of hydrogen-bond acceptors (Lipinski definition) is 4. The van der Waals surface area contributed by atoms with Crippen molar-refractivity contribution in [2.75, 3.05) is 13.2 Å². The second kappa shape index (κ2) is 12.4. The first-order valence-corrected chi connectivity index (χ1v) is 10.1. The maximum Gasteiger partial charge on any atom is 0.119 e. The van der Waals surface area contributed by atoms with Crippen LogP contribution in [0.15, 0.2) is 48.5 Å².